The van der Waals surface area contributed by atoms with Crippen LogP contribution in [0.1, 0.15) is 25.1 Å². The lowest BCUT2D eigenvalue weighted by Crippen LogP contribution is -2.40. The smallest absolute Gasteiger partial charge is 0.191 e. The van der Waals surface area contributed by atoms with Crippen LogP contribution in [0.2, 0.25) is 0 Å². The van der Waals surface area contributed by atoms with Crippen molar-refractivity contribution in [1.82, 2.24) is 15.6 Å². The second-order valence-electron chi connectivity index (χ2n) is 6.11. The number of hydrogen-bond donors (Lipinski definition) is 2. The summed E-state index contributed by atoms with van der Waals surface area (Å²) in [5.41, 5.74) is 1.50. The first-order chi connectivity index (χ1) is 12.7. The van der Waals surface area contributed by atoms with E-state index in [9.17, 15) is 4.39 Å². The topological polar surface area (TPSA) is 58.5 Å². The van der Waals surface area contributed by atoms with Gasteiger partial charge in [-0.3, -0.25) is 4.98 Å². The fourth-order valence-corrected chi connectivity index (χ4v) is 2.31. The Balaban J connectivity index is 1.76. The molecule has 0 aliphatic carbocycles. The molecule has 1 unspecified atom stereocenters. The molecule has 0 spiro atoms. The first-order valence-electron chi connectivity index (χ1n) is 8.92. The van der Waals surface area contributed by atoms with Crippen LogP contribution >= 0.6 is 0 Å². The van der Waals surface area contributed by atoms with Crippen molar-refractivity contribution in [1.29, 1.82) is 0 Å². The first kappa shape index (κ1) is 19.8. The van der Waals surface area contributed by atoms with Gasteiger partial charge in [-0.05, 0) is 30.5 Å². The highest BCUT2D eigenvalue weighted by molar-refractivity contribution is 5.79. The largest absolute Gasteiger partial charge is 0.376 e. The molecule has 1 heterocycles. The highest BCUT2D eigenvalue weighted by atomic mass is 19.1. The molecule has 0 aliphatic rings. The van der Waals surface area contributed by atoms with Crippen LogP contribution in [0.25, 0.3) is 0 Å². The van der Waals surface area contributed by atoms with Gasteiger partial charge in [0.2, 0.25) is 0 Å². The molecular formula is C20H27FN4O. The molecule has 0 amide bonds. The first-order valence-corrected chi connectivity index (χ1v) is 8.92. The Morgan fingerprint density at radius 3 is 2.73 bits per heavy atom. The number of aliphatic imine (C=N–C) groups is 1. The van der Waals surface area contributed by atoms with Gasteiger partial charge in [0.25, 0.3) is 0 Å². The lowest BCUT2D eigenvalue weighted by atomic mass is 10.2. The minimum atomic E-state index is -0.338. The van der Waals surface area contributed by atoms with E-state index in [1.807, 2.05) is 25.1 Å². The van der Waals surface area contributed by atoms with Crippen LogP contribution in [0.5, 0.6) is 0 Å². The lowest BCUT2D eigenvalue weighted by molar-refractivity contribution is 0.0931. The molecule has 0 aliphatic heterocycles. The normalized spacial score (nSPS) is 12.7. The predicted octanol–water partition coefficient (Wildman–Crippen LogP) is 3.13. The minimum Gasteiger partial charge on any atom is -0.376 e. The Kier molecular flexibility index (Phi) is 8.55. The van der Waals surface area contributed by atoms with E-state index in [0.29, 0.717) is 37.3 Å². The molecular weight excluding hydrogens is 331 g/mol. The van der Waals surface area contributed by atoms with E-state index in [4.69, 9.17) is 4.74 Å². The number of pyridine rings is 1. The van der Waals surface area contributed by atoms with Crippen LogP contribution in [0.15, 0.2) is 53.7 Å². The molecule has 1 aromatic carbocycles. The second kappa shape index (κ2) is 11.2. The SMILES string of the molecule is CCNC(=NCc1ncccc1F)NCC(C)COCc1ccccc1. The average Bonchev–Trinajstić information content (AvgIpc) is 2.66. The number of hydrogen-bond acceptors (Lipinski definition) is 3. The van der Waals surface area contributed by atoms with Gasteiger partial charge >= 0.3 is 0 Å². The Labute approximate surface area is 154 Å². The number of rotatable bonds is 9. The third-order valence-electron chi connectivity index (χ3n) is 3.70. The standard InChI is InChI=1S/C20H27FN4O/c1-3-22-20(25-13-19-18(21)10-7-11-23-19)24-12-16(2)14-26-15-17-8-5-4-6-9-17/h4-11,16H,3,12-15H2,1-2H3,(H2,22,24,25). The molecule has 140 valence electrons. The maximum absolute atomic E-state index is 13.6. The maximum Gasteiger partial charge on any atom is 0.191 e. The van der Waals surface area contributed by atoms with Crippen molar-refractivity contribution < 1.29 is 9.13 Å². The summed E-state index contributed by atoms with van der Waals surface area (Å²) in [5.74, 6) is 0.622. The molecule has 0 fully saturated rings. The summed E-state index contributed by atoms with van der Waals surface area (Å²) < 4.78 is 19.4. The van der Waals surface area contributed by atoms with Gasteiger partial charge in [-0.2, -0.15) is 0 Å². The summed E-state index contributed by atoms with van der Waals surface area (Å²) in [5, 5.41) is 6.42. The summed E-state index contributed by atoms with van der Waals surface area (Å²) in [7, 11) is 0. The second-order valence-corrected chi connectivity index (χ2v) is 6.11. The number of nitrogens with zero attached hydrogens (tertiary/aromatic N) is 2. The fraction of sp³-hybridized carbons (Fsp3) is 0.400. The lowest BCUT2D eigenvalue weighted by Gasteiger charge is -2.16. The summed E-state index contributed by atoms with van der Waals surface area (Å²) in [6.45, 7) is 7.00. The van der Waals surface area contributed by atoms with Crippen LogP contribution in [-0.4, -0.2) is 30.6 Å². The van der Waals surface area contributed by atoms with Gasteiger partial charge in [-0.1, -0.05) is 37.3 Å². The summed E-state index contributed by atoms with van der Waals surface area (Å²) in [6.07, 6.45) is 1.57. The monoisotopic (exact) mass is 358 g/mol. The van der Waals surface area contributed by atoms with E-state index in [2.05, 4.69) is 39.7 Å². The van der Waals surface area contributed by atoms with Gasteiger partial charge in [-0.15, -0.1) is 0 Å². The molecule has 1 aromatic heterocycles. The number of ether oxygens (including phenoxy) is 1. The van der Waals surface area contributed by atoms with Crippen LogP contribution in [0.4, 0.5) is 4.39 Å². The van der Waals surface area contributed by atoms with Gasteiger partial charge in [0.05, 0.1) is 25.5 Å². The van der Waals surface area contributed by atoms with E-state index < -0.39 is 0 Å². The van der Waals surface area contributed by atoms with Crippen LogP contribution in [-0.2, 0) is 17.9 Å². The highest BCUT2D eigenvalue weighted by Crippen LogP contribution is 2.04. The molecule has 2 aromatic rings. The third kappa shape index (κ3) is 7.19. The van der Waals surface area contributed by atoms with E-state index >= 15 is 0 Å². The van der Waals surface area contributed by atoms with E-state index in [1.54, 1.807) is 12.3 Å². The molecule has 2 N–H and O–H groups in total. The van der Waals surface area contributed by atoms with Crippen molar-refractivity contribution in [3.05, 3.63) is 65.7 Å². The molecule has 5 nitrogen and oxygen atoms in total. The molecule has 1 atom stereocenters. The summed E-state index contributed by atoms with van der Waals surface area (Å²) >= 11 is 0. The van der Waals surface area contributed by atoms with Crippen molar-refractivity contribution in [2.45, 2.75) is 27.0 Å². The van der Waals surface area contributed by atoms with Gasteiger partial charge < -0.3 is 15.4 Å². The number of aromatic nitrogens is 1. The van der Waals surface area contributed by atoms with Gasteiger partial charge in [0.15, 0.2) is 5.96 Å². The molecule has 26 heavy (non-hydrogen) atoms. The Morgan fingerprint density at radius 1 is 1.19 bits per heavy atom. The van der Waals surface area contributed by atoms with E-state index in [0.717, 1.165) is 6.54 Å². The van der Waals surface area contributed by atoms with Crippen molar-refractivity contribution in [3.8, 4) is 0 Å². The van der Waals surface area contributed by atoms with Crippen molar-refractivity contribution in [3.63, 3.8) is 0 Å². The van der Waals surface area contributed by atoms with E-state index in [1.165, 1.54) is 11.6 Å². The molecule has 6 heteroatoms. The van der Waals surface area contributed by atoms with E-state index in [-0.39, 0.29) is 12.4 Å². The third-order valence-corrected chi connectivity index (χ3v) is 3.70. The number of benzene rings is 1. The molecule has 0 saturated carbocycles. The van der Waals surface area contributed by atoms with Crippen molar-refractivity contribution in [2.24, 2.45) is 10.9 Å². The molecule has 2 rings (SSSR count). The summed E-state index contributed by atoms with van der Waals surface area (Å²) in [6, 6.07) is 13.1. The van der Waals surface area contributed by atoms with Gasteiger partial charge in [0, 0.05) is 19.3 Å². The van der Waals surface area contributed by atoms with Crippen molar-refractivity contribution >= 4 is 5.96 Å². The van der Waals surface area contributed by atoms with Crippen LogP contribution in [0.3, 0.4) is 0 Å². The number of nitrogens with one attached hydrogen (secondary N) is 2. The predicted molar refractivity (Wildman–Crippen MR) is 102 cm³/mol. The molecule has 0 bridgehead atoms. The average molecular weight is 358 g/mol. The van der Waals surface area contributed by atoms with Gasteiger partial charge in [0.1, 0.15) is 5.82 Å². The van der Waals surface area contributed by atoms with Crippen molar-refractivity contribution in [2.75, 3.05) is 19.7 Å². The van der Waals surface area contributed by atoms with Crippen LogP contribution in [0, 0.1) is 11.7 Å². The number of guanidine groups is 1. The minimum absolute atomic E-state index is 0.195. The Bertz CT molecular complexity index is 679. The van der Waals surface area contributed by atoms with Gasteiger partial charge in [-0.25, -0.2) is 9.38 Å². The molecule has 0 saturated heterocycles. The number of halogens is 1. The maximum atomic E-state index is 13.6. The highest BCUT2D eigenvalue weighted by Gasteiger charge is 2.06. The fourth-order valence-electron chi connectivity index (χ4n) is 2.31. The quantitative estimate of drug-likeness (QED) is 0.534. The van der Waals surface area contributed by atoms with Crippen LogP contribution < -0.4 is 10.6 Å². The zero-order valence-corrected chi connectivity index (χ0v) is 15.4. The zero-order valence-electron chi connectivity index (χ0n) is 15.4. The molecule has 0 radical (unpaired) electrons. The zero-order chi connectivity index (χ0) is 18.6. The Morgan fingerprint density at radius 2 is 2.00 bits per heavy atom. The summed E-state index contributed by atoms with van der Waals surface area (Å²) in [4.78, 5) is 8.41. The Hall–Kier alpha value is -2.47.